The van der Waals surface area contributed by atoms with Gasteiger partial charge in [-0.3, -0.25) is 0 Å². The molecular weight excluding hydrogens is 594 g/mol. The minimum absolute atomic E-state index is 0.000995. The van der Waals surface area contributed by atoms with Gasteiger partial charge in [0.25, 0.3) is 0 Å². The van der Waals surface area contributed by atoms with E-state index in [-0.39, 0.29) is 30.0 Å². The number of hydrogen-bond acceptors (Lipinski definition) is 4. The van der Waals surface area contributed by atoms with Crippen molar-refractivity contribution in [3.8, 4) is 5.75 Å². The first-order valence-electron chi connectivity index (χ1n) is 9.50. The van der Waals surface area contributed by atoms with Gasteiger partial charge in [0.1, 0.15) is 17.1 Å². The average Bonchev–Trinajstić information content (AvgIpc) is 3.17. The summed E-state index contributed by atoms with van der Waals surface area (Å²) in [6.07, 6.45) is -12.6. The summed E-state index contributed by atoms with van der Waals surface area (Å²) in [5.74, 6) is -0.530. The zero-order valence-corrected chi connectivity index (χ0v) is 19.4. The van der Waals surface area contributed by atoms with Crippen LogP contribution in [0.25, 0.3) is 0 Å². The Hall–Kier alpha value is -1.61. The Balaban J connectivity index is 1.92. The van der Waals surface area contributed by atoms with Crippen LogP contribution < -0.4 is 10.1 Å². The van der Waals surface area contributed by atoms with Gasteiger partial charge >= 0.3 is 18.0 Å². The first-order chi connectivity index (χ1) is 15.2. The fraction of sp³-hybridized carbons (Fsp3) is 0.400. The number of nitrogens with one attached hydrogen (secondary N) is 1. The van der Waals surface area contributed by atoms with Crippen molar-refractivity contribution in [2.75, 3.05) is 13.2 Å². The standard InChI is InChI=1S/C20H15F7INO3S/c21-18(19(22,23)24,20(25,26)27)11-1-6-14-15(9-11)32-10-16-17(14,7-8-29-16)33(30,31)13-4-2-12(28)3-5-13/h1-6,9,16,29H,7-8,10H2. The first kappa shape index (κ1) is 24.5. The number of halogens is 8. The van der Waals surface area contributed by atoms with Crippen molar-refractivity contribution in [3.05, 3.63) is 57.2 Å². The maximum absolute atomic E-state index is 14.6. The summed E-state index contributed by atoms with van der Waals surface area (Å²) in [5.41, 5.74) is -7.49. The highest BCUT2D eigenvalue weighted by Gasteiger charge is 2.73. The Morgan fingerprint density at radius 1 is 0.970 bits per heavy atom. The van der Waals surface area contributed by atoms with Gasteiger partial charge in [-0.2, -0.15) is 26.3 Å². The third kappa shape index (κ3) is 3.44. The van der Waals surface area contributed by atoms with Crippen LogP contribution >= 0.6 is 22.6 Å². The molecule has 1 saturated heterocycles. The Bertz CT molecular complexity index is 1170. The van der Waals surface area contributed by atoms with Crippen LogP contribution in [0.1, 0.15) is 17.5 Å². The molecule has 2 aromatic carbocycles. The highest BCUT2D eigenvalue weighted by atomic mass is 127. The van der Waals surface area contributed by atoms with Gasteiger partial charge in [-0.1, -0.05) is 12.1 Å². The topological polar surface area (TPSA) is 55.4 Å². The number of hydrogen-bond donors (Lipinski definition) is 1. The smallest absolute Gasteiger partial charge is 0.435 e. The lowest BCUT2D eigenvalue weighted by molar-refractivity contribution is -0.348. The molecule has 0 aliphatic carbocycles. The number of ether oxygens (including phenoxy) is 1. The highest BCUT2D eigenvalue weighted by Crippen LogP contribution is 2.56. The molecule has 2 aromatic rings. The van der Waals surface area contributed by atoms with Gasteiger partial charge in [-0.05, 0) is 65.9 Å². The summed E-state index contributed by atoms with van der Waals surface area (Å²) in [6.45, 7) is -0.117. The average molecular weight is 609 g/mol. The molecule has 4 nitrogen and oxygen atoms in total. The number of benzene rings is 2. The van der Waals surface area contributed by atoms with Gasteiger partial charge in [0.05, 0.1) is 10.9 Å². The maximum Gasteiger partial charge on any atom is 0.435 e. The van der Waals surface area contributed by atoms with E-state index in [9.17, 15) is 39.2 Å². The van der Waals surface area contributed by atoms with Crippen LogP contribution in [0.5, 0.6) is 5.75 Å². The van der Waals surface area contributed by atoms with E-state index in [1.54, 1.807) is 12.1 Å². The quantitative estimate of drug-likeness (QED) is 0.393. The molecule has 33 heavy (non-hydrogen) atoms. The molecule has 0 radical (unpaired) electrons. The van der Waals surface area contributed by atoms with E-state index >= 15 is 0 Å². The highest BCUT2D eigenvalue weighted by molar-refractivity contribution is 14.1. The molecule has 2 aliphatic rings. The van der Waals surface area contributed by atoms with Crippen LogP contribution in [0, 0.1) is 3.57 Å². The van der Waals surface area contributed by atoms with E-state index in [0.717, 1.165) is 9.64 Å². The van der Waals surface area contributed by atoms with Gasteiger partial charge in [0.2, 0.25) is 0 Å². The van der Waals surface area contributed by atoms with E-state index in [0.29, 0.717) is 12.1 Å². The molecule has 13 heteroatoms. The van der Waals surface area contributed by atoms with Crippen molar-refractivity contribution < 1.29 is 43.9 Å². The van der Waals surface area contributed by atoms with Gasteiger partial charge in [-0.25, -0.2) is 12.8 Å². The lowest BCUT2D eigenvalue weighted by atomic mass is 9.85. The van der Waals surface area contributed by atoms with Crippen LogP contribution in [-0.2, 0) is 20.3 Å². The van der Waals surface area contributed by atoms with Crippen LogP contribution in [0.3, 0.4) is 0 Å². The molecule has 0 bridgehead atoms. The zero-order chi connectivity index (χ0) is 24.4. The Morgan fingerprint density at radius 3 is 2.15 bits per heavy atom. The molecule has 0 saturated carbocycles. The molecule has 1 fully saturated rings. The molecule has 4 rings (SSSR count). The van der Waals surface area contributed by atoms with Gasteiger partial charge in [-0.15, -0.1) is 0 Å². The SMILES string of the molecule is O=S(=O)(c1ccc(I)cc1)C12CCNC1COc1cc(C(F)(C(F)(F)F)C(F)(F)F)ccc12. The number of rotatable bonds is 3. The minimum atomic E-state index is -6.30. The fourth-order valence-electron chi connectivity index (χ4n) is 4.44. The summed E-state index contributed by atoms with van der Waals surface area (Å²) in [5, 5.41) is 2.98. The number of fused-ring (bicyclic) bond motifs is 3. The predicted molar refractivity (Wildman–Crippen MR) is 111 cm³/mol. The van der Waals surface area contributed by atoms with E-state index < -0.39 is 50.0 Å². The van der Waals surface area contributed by atoms with Gasteiger partial charge < -0.3 is 10.1 Å². The van der Waals surface area contributed by atoms with E-state index in [4.69, 9.17) is 4.74 Å². The lowest BCUT2D eigenvalue weighted by Crippen LogP contribution is -2.53. The summed E-state index contributed by atoms with van der Waals surface area (Å²) in [7, 11) is -4.18. The molecular formula is C20H15F7INO3S. The second-order valence-corrected chi connectivity index (χ2v) is 11.2. The molecule has 2 heterocycles. The van der Waals surface area contributed by atoms with Gasteiger partial charge in [0.15, 0.2) is 9.84 Å². The third-order valence-corrected chi connectivity index (χ3v) is 9.36. The van der Waals surface area contributed by atoms with Crippen LogP contribution in [0.4, 0.5) is 30.7 Å². The molecule has 2 atom stereocenters. The fourth-order valence-corrected chi connectivity index (χ4v) is 7.07. The molecule has 0 amide bonds. The summed E-state index contributed by atoms with van der Waals surface area (Å²) in [6, 6.07) is 6.50. The van der Waals surface area contributed by atoms with Crippen molar-refractivity contribution in [1.82, 2.24) is 5.32 Å². The second-order valence-electron chi connectivity index (χ2n) is 7.78. The van der Waals surface area contributed by atoms with E-state index in [1.807, 2.05) is 22.6 Å². The third-order valence-electron chi connectivity index (χ3n) is 6.08. The molecule has 2 aliphatic heterocycles. The van der Waals surface area contributed by atoms with E-state index in [2.05, 4.69) is 5.32 Å². The maximum atomic E-state index is 14.6. The summed E-state index contributed by atoms with van der Waals surface area (Å²) < 4.78 is 126. The monoisotopic (exact) mass is 609 g/mol. The van der Waals surface area contributed by atoms with Crippen molar-refractivity contribution in [2.45, 2.75) is 40.1 Å². The lowest BCUT2D eigenvalue weighted by Gasteiger charge is -2.40. The predicted octanol–water partition coefficient (Wildman–Crippen LogP) is 5.00. The van der Waals surface area contributed by atoms with E-state index in [1.165, 1.54) is 12.1 Å². The van der Waals surface area contributed by atoms with Crippen molar-refractivity contribution in [1.29, 1.82) is 0 Å². The van der Waals surface area contributed by atoms with Crippen LogP contribution in [0.2, 0.25) is 0 Å². The van der Waals surface area contributed by atoms with Crippen LogP contribution in [0.15, 0.2) is 47.4 Å². The van der Waals surface area contributed by atoms with Gasteiger partial charge in [0, 0.05) is 14.7 Å². The second kappa shape index (κ2) is 7.70. The molecule has 0 spiro atoms. The number of alkyl halides is 7. The normalized spacial score (nSPS) is 23.6. The summed E-state index contributed by atoms with van der Waals surface area (Å²) in [4.78, 5) is -0.0565. The minimum Gasteiger partial charge on any atom is -0.492 e. The zero-order valence-electron chi connectivity index (χ0n) is 16.4. The van der Waals surface area contributed by atoms with Crippen molar-refractivity contribution in [3.63, 3.8) is 0 Å². The van der Waals surface area contributed by atoms with Crippen LogP contribution in [-0.4, -0.2) is 40.0 Å². The molecule has 1 N–H and O–H groups in total. The molecule has 2 unspecified atom stereocenters. The Labute approximate surface area is 197 Å². The Morgan fingerprint density at radius 2 is 1.58 bits per heavy atom. The van der Waals surface area contributed by atoms with Crippen molar-refractivity contribution >= 4 is 32.4 Å². The largest absolute Gasteiger partial charge is 0.492 e. The van der Waals surface area contributed by atoms with Crippen molar-refractivity contribution in [2.24, 2.45) is 0 Å². The Kier molecular flexibility index (Phi) is 5.72. The number of sulfone groups is 1. The molecule has 180 valence electrons. The summed E-state index contributed by atoms with van der Waals surface area (Å²) >= 11 is 1.99. The first-order valence-corrected chi connectivity index (χ1v) is 12.1. The molecule has 0 aromatic heterocycles.